The van der Waals surface area contributed by atoms with Gasteiger partial charge in [0.05, 0.1) is 6.10 Å². The van der Waals surface area contributed by atoms with Crippen molar-refractivity contribution in [3.05, 3.63) is 0 Å². The fraction of sp³-hybridized carbons (Fsp3) is 1.00. The summed E-state index contributed by atoms with van der Waals surface area (Å²) in [6, 6.07) is 0. The monoisotopic (exact) mass is 184 g/mol. The second-order valence-electron chi connectivity index (χ2n) is 2.27. The molecule has 1 rings (SSSR count). The van der Waals surface area contributed by atoms with Crippen molar-refractivity contribution in [2.45, 2.75) is 25.9 Å². The van der Waals surface area contributed by atoms with E-state index in [-0.39, 0.29) is 0 Å². The lowest BCUT2D eigenvalue weighted by Crippen LogP contribution is -1.94. The van der Waals surface area contributed by atoms with Crippen molar-refractivity contribution in [3.8, 4) is 0 Å². The molecule has 0 spiro atoms. The fourth-order valence-electron chi connectivity index (χ4n) is 0.739. The molecule has 2 N–H and O–H groups in total. The Bertz CT molecular complexity index is 171. The zero-order chi connectivity index (χ0) is 8.91. The molecule has 0 amide bonds. The Kier molecular flexibility index (Phi) is 4.58. The molecule has 1 saturated heterocycles. The van der Waals surface area contributed by atoms with Gasteiger partial charge in [0.15, 0.2) is 0 Å². The van der Waals surface area contributed by atoms with Crippen molar-refractivity contribution in [1.29, 1.82) is 0 Å². The van der Waals surface area contributed by atoms with Crippen LogP contribution >= 0.6 is 0 Å². The first-order chi connectivity index (χ1) is 4.89. The topological polar surface area (TPSA) is 83.8 Å². The maximum atomic E-state index is 8.74. The molecule has 0 saturated carbocycles. The van der Waals surface area contributed by atoms with E-state index >= 15 is 0 Å². The summed E-state index contributed by atoms with van der Waals surface area (Å²) in [4.78, 5) is 0. The first-order valence-corrected chi connectivity index (χ1v) is 4.61. The van der Waals surface area contributed by atoms with Crippen LogP contribution in [0.25, 0.3) is 0 Å². The van der Waals surface area contributed by atoms with Crippen LogP contribution in [0.2, 0.25) is 0 Å². The molecule has 1 aliphatic heterocycles. The minimum Gasteiger partial charge on any atom is -0.379 e. The first kappa shape index (κ1) is 10.8. The molecule has 0 radical (unpaired) electrons. The average Bonchev–Trinajstić information content (AvgIpc) is 2.12. The lowest BCUT2D eigenvalue weighted by atomic mass is 10.3. The molecule has 1 heterocycles. The van der Waals surface area contributed by atoms with Gasteiger partial charge in [-0.3, -0.25) is 9.11 Å². The Hall–Kier alpha value is -0.170. The molecule has 5 nitrogen and oxygen atoms in total. The maximum absolute atomic E-state index is 8.74. The summed E-state index contributed by atoms with van der Waals surface area (Å²) in [5, 5.41) is 0. The lowest BCUT2D eigenvalue weighted by Gasteiger charge is -1.94. The molecule has 1 unspecified atom stereocenters. The van der Waals surface area contributed by atoms with Crippen LogP contribution in [0.5, 0.6) is 0 Å². The molecule has 1 atom stereocenters. The van der Waals surface area contributed by atoms with Gasteiger partial charge in [-0.25, -0.2) is 0 Å². The fourth-order valence-corrected chi connectivity index (χ4v) is 0.739. The molecule has 0 aliphatic carbocycles. The van der Waals surface area contributed by atoms with E-state index in [4.69, 9.17) is 22.3 Å². The van der Waals surface area contributed by atoms with Crippen LogP contribution in [-0.4, -0.2) is 30.2 Å². The van der Waals surface area contributed by atoms with Gasteiger partial charge in [-0.15, -0.1) is 0 Å². The number of ether oxygens (including phenoxy) is 1. The van der Waals surface area contributed by atoms with Crippen LogP contribution in [0.4, 0.5) is 0 Å². The quantitative estimate of drug-likeness (QED) is 0.536. The average molecular weight is 184 g/mol. The minimum atomic E-state index is -4.67. The summed E-state index contributed by atoms with van der Waals surface area (Å²) in [7, 11) is -4.67. The van der Waals surface area contributed by atoms with Gasteiger partial charge < -0.3 is 4.74 Å². The lowest BCUT2D eigenvalue weighted by molar-refractivity contribution is 0.125. The molecule has 0 bridgehead atoms. The van der Waals surface area contributed by atoms with Crippen LogP contribution < -0.4 is 0 Å². The van der Waals surface area contributed by atoms with Gasteiger partial charge in [0, 0.05) is 6.61 Å². The largest absolute Gasteiger partial charge is 0.394 e. The van der Waals surface area contributed by atoms with Crippen LogP contribution in [0.15, 0.2) is 0 Å². The molecule has 68 valence electrons. The van der Waals surface area contributed by atoms with Crippen LogP contribution in [-0.2, 0) is 15.1 Å². The van der Waals surface area contributed by atoms with Crippen molar-refractivity contribution in [3.63, 3.8) is 0 Å². The molecule has 0 aromatic heterocycles. The zero-order valence-electron chi connectivity index (χ0n) is 6.23. The summed E-state index contributed by atoms with van der Waals surface area (Å²) in [6.07, 6.45) is 3.08. The van der Waals surface area contributed by atoms with E-state index < -0.39 is 10.4 Å². The van der Waals surface area contributed by atoms with Crippen molar-refractivity contribution in [2.75, 3.05) is 6.61 Å². The molecule has 0 aromatic carbocycles. The Labute approximate surface area is 65.9 Å². The van der Waals surface area contributed by atoms with E-state index in [1.165, 1.54) is 12.8 Å². The van der Waals surface area contributed by atoms with Gasteiger partial charge in [0.1, 0.15) is 0 Å². The Morgan fingerprint density at radius 1 is 1.45 bits per heavy atom. The summed E-state index contributed by atoms with van der Waals surface area (Å²) < 4.78 is 36.7. The third kappa shape index (κ3) is 12.9. The molecule has 1 fully saturated rings. The molecule has 6 heteroatoms. The highest BCUT2D eigenvalue weighted by Crippen LogP contribution is 2.09. The summed E-state index contributed by atoms with van der Waals surface area (Å²) in [5.74, 6) is 0. The number of hydrogen-bond donors (Lipinski definition) is 2. The molecule has 0 aromatic rings. The maximum Gasteiger partial charge on any atom is 0.394 e. The molecule has 11 heavy (non-hydrogen) atoms. The van der Waals surface area contributed by atoms with Gasteiger partial charge in [0.2, 0.25) is 0 Å². The number of hydrogen-bond acceptors (Lipinski definition) is 3. The van der Waals surface area contributed by atoms with Gasteiger partial charge in [-0.2, -0.15) is 8.42 Å². The normalized spacial score (nSPS) is 24.1. The Morgan fingerprint density at radius 3 is 2.00 bits per heavy atom. The van der Waals surface area contributed by atoms with E-state index in [9.17, 15) is 0 Å². The van der Waals surface area contributed by atoms with Crippen molar-refractivity contribution in [1.82, 2.24) is 0 Å². The predicted molar refractivity (Wildman–Crippen MR) is 38.8 cm³/mol. The highest BCUT2D eigenvalue weighted by atomic mass is 32.3. The van der Waals surface area contributed by atoms with E-state index in [2.05, 4.69) is 6.92 Å². The van der Waals surface area contributed by atoms with Gasteiger partial charge in [-0.05, 0) is 19.8 Å². The predicted octanol–water partition coefficient (Wildman–Crippen LogP) is 0.533. The minimum absolute atomic E-state index is 0.546. The van der Waals surface area contributed by atoms with Crippen LogP contribution in [0.1, 0.15) is 19.8 Å². The van der Waals surface area contributed by atoms with E-state index in [1.54, 1.807) is 0 Å². The Morgan fingerprint density at radius 2 is 1.91 bits per heavy atom. The second kappa shape index (κ2) is 4.66. The van der Waals surface area contributed by atoms with E-state index in [1.807, 2.05) is 0 Å². The summed E-state index contributed by atoms with van der Waals surface area (Å²) >= 11 is 0. The first-order valence-electron chi connectivity index (χ1n) is 3.21. The highest BCUT2D eigenvalue weighted by Gasteiger charge is 2.07. The third-order valence-electron chi connectivity index (χ3n) is 1.16. The standard InChI is InChI=1S/C5H10O.H2O4S/c1-5-3-2-4-6-5;1-5(2,3)4/h5H,2-4H2,1H3;(H2,1,2,3,4). The molecular formula is C5H12O5S. The van der Waals surface area contributed by atoms with E-state index in [0.29, 0.717) is 6.10 Å². The van der Waals surface area contributed by atoms with Crippen LogP contribution in [0.3, 0.4) is 0 Å². The third-order valence-corrected chi connectivity index (χ3v) is 1.16. The van der Waals surface area contributed by atoms with Gasteiger partial charge in [0.25, 0.3) is 0 Å². The van der Waals surface area contributed by atoms with Crippen molar-refractivity contribution >= 4 is 10.4 Å². The smallest absolute Gasteiger partial charge is 0.379 e. The van der Waals surface area contributed by atoms with E-state index in [0.717, 1.165) is 6.61 Å². The molecular weight excluding hydrogens is 172 g/mol. The second-order valence-corrected chi connectivity index (χ2v) is 3.17. The van der Waals surface area contributed by atoms with Crippen molar-refractivity contribution in [2.24, 2.45) is 0 Å². The Balaban J connectivity index is 0.000000187. The summed E-state index contributed by atoms with van der Waals surface area (Å²) in [5.41, 5.74) is 0. The van der Waals surface area contributed by atoms with Gasteiger partial charge in [-0.1, -0.05) is 0 Å². The number of rotatable bonds is 0. The zero-order valence-corrected chi connectivity index (χ0v) is 7.04. The highest BCUT2D eigenvalue weighted by molar-refractivity contribution is 7.79. The molecule has 1 aliphatic rings. The van der Waals surface area contributed by atoms with Crippen molar-refractivity contribution < 1.29 is 22.3 Å². The SMILES string of the molecule is CC1CCCO1.O=S(=O)(O)O. The summed E-state index contributed by atoms with van der Waals surface area (Å²) in [6.45, 7) is 3.11. The van der Waals surface area contributed by atoms with Gasteiger partial charge >= 0.3 is 10.4 Å². The van der Waals surface area contributed by atoms with Crippen LogP contribution in [0, 0.1) is 0 Å².